The van der Waals surface area contributed by atoms with Crippen LogP contribution in [0, 0.1) is 12.8 Å². The van der Waals surface area contributed by atoms with Crippen LogP contribution in [0.3, 0.4) is 0 Å². The number of hydrogen-bond acceptors (Lipinski definition) is 5. The monoisotopic (exact) mass is 360 g/mol. The number of aryl methyl sites for hydroxylation is 1. The molecule has 0 spiro atoms. The second-order valence-corrected chi connectivity index (χ2v) is 7.19. The zero-order valence-corrected chi connectivity index (χ0v) is 14.7. The summed E-state index contributed by atoms with van der Waals surface area (Å²) in [5.41, 5.74) is 2.07. The smallest absolute Gasteiger partial charge is 0.326 e. The van der Waals surface area contributed by atoms with Crippen molar-refractivity contribution >= 4 is 23.6 Å². The molecule has 1 fully saturated rings. The first kappa shape index (κ1) is 17.5. The molecular weight excluding hydrogens is 340 g/mol. The number of rotatable bonds is 8. The van der Waals surface area contributed by atoms with Crippen LogP contribution in [0.5, 0.6) is 0 Å². The van der Waals surface area contributed by atoms with Gasteiger partial charge in [-0.15, -0.1) is 10.2 Å². The van der Waals surface area contributed by atoms with Crippen molar-refractivity contribution in [3.63, 3.8) is 0 Å². The van der Waals surface area contributed by atoms with Crippen molar-refractivity contribution in [3.8, 4) is 5.69 Å². The van der Waals surface area contributed by atoms with Gasteiger partial charge in [0.1, 0.15) is 12.4 Å². The third-order valence-corrected chi connectivity index (χ3v) is 5.00. The van der Waals surface area contributed by atoms with Crippen LogP contribution in [-0.2, 0) is 9.59 Å². The summed E-state index contributed by atoms with van der Waals surface area (Å²) in [6, 6.07) is 7.09. The van der Waals surface area contributed by atoms with E-state index in [-0.39, 0.29) is 11.7 Å². The highest BCUT2D eigenvalue weighted by Crippen LogP contribution is 2.33. The van der Waals surface area contributed by atoms with Crippen LogP contribution in [0.1, 0.15) is 24.8 Å². The number of carboxylic acid groups (broad SMARTS) is 1. The van der Waals surface area contributed by atoms with Gasteiger partial charge < -0.3 is 10.4 Å². The molecule has 3 rings (SSSR count). The molecule has 1 atom stereocenters. The van der Waals surface area contributed by atoms with Crippen LogP contribution in [0.4, 0.5) is 0 Å². The summed E-state index contributed by atoms with van der Waals surface area (Å²) in [6.07, 6.45) is 4.20. The van der Waals surface area contributed by atoms with Gasteiger partial charge in [-0.25, -0.2) is 4.79 Å². The summed E-state index contributed by atoms with van der Waals surface area (Å²) in [4.78, 5) is 23.3. The number of thioether (sulfide) groups is 1. The van der Waals surface area contributed by atoms with E-state index in [1.54, 1.807) is 10.9 Å². The zero-order valence-electron chi connectivity index (χ0n) is 13.9. The second-order valence-electron chi connectivity index (χ2n) is 6.25. The van der Waals surface area contributed by atoms with Crippen molar-refractivity contribution in [2.24, 2.45) is 5.92 Å². The molecule has 1 aliphatic carbocycles. The molecule has 0 bridgehead atoms. The summed E-state index contributed by atoms with van der Waals surface area (Å²) in [6.45, 7) is 2.01. The van der Waals surface area contributed by atoms with E-state index in [0.29, 0.717) is 17.5 Å². The van der Waals surface area contributed by atoms with E-state index in [1.165, 1.54) is 11.8 Å². The van der Waals surface area contributed by atoms with E-state index >= 15 is 0 Å². The lowest BCUT2D eigenvalue weighted by atomic mass is 10.1. The topological polar surface area (TPSA) is 97.1 Å². The summed E-state index contributed by atoms with van der Waals surface area (Å²) in [5.74, 6) is -0.762. The Kier molecular flexibility index (Phi) is 5.37. The Bertz CT molecular complexity index is 756. The molecule has 8 heteroatoms. The summed E-state index contributed by atoms with van der Waals surface area (Å²) >= 11 is 1.23. The second kappa shape index (κ2) is 7.69. The molecule has 0 radical (unpaired) electrons. The van der Waals surface area contributed by atoms with Crippen LogP contribution in [0.15, 0.2) is 35.7 Å². The largest absolute Gasteiger partial charge is 0.480 e. The molecule has 0 saturated heterocycles. The first-order valence-electron chi connectivity index (χ1n) is 8.15. The maximum atomic E-state index is 12.1. The van der Waals surface area contributed by atoms with E-state index in [1.807, 2.05) is 31.2 Å². The summed E-state index contributed by atoms with van der Waals surface area (Å²) in [7, 11) is 0. The molecule has 7 nitrogen and oxygen atoms in total. The SMILES string of the molecule is Cc1ccc(-n2cnnc2SCC(=O)NC(CC2CC2)C(=O)O)cc1. The van der Waals surface area contributed by atoms with Crippen LogP contribution >= 0.6 is 11.8 Å². The third-order valence-electron chi connectivity index (χ3n) is 4.06. The van der Waals surface area contributed by atoms with Gasteiger partial charge in [0.05, 0.1) is 5.75 Å². The summed E-state index contributed by atoms with van der Waals surface area (Å²) < 4.78 is 1.80. The van der Waals surface area contributed by atoms with Gasteiger partial charge in [0.2, 0.25) is 5.91 Å². The Morgan fingerprint density at radius 1 is 1.36 bits per heavy atom. The highest BCUT2D eigenvalue weighted by molar-refractivity contribution is 7.99. The molecule has 1 aromatic heterocycles. The van der Waals surface area contributed by atoms with Gasteiger partial charge in [0.15, 0.2) is 5.16 Å². The van der Waals surface area contributed by atoms with Crippen LogP contribution in [-0.4, -0.2) is 43.5 Å². The van der Waals surface area contributed by atoms with Gasteiger partial charge in [-0.3, -0.25) is 9.36 Å². The zero-order chi connectivity index (χ0) is 17.8. The van der Waals surface area contributed by atoms with E-state index in [4.69, 9.17) is 0 Å². The first-order chi connectivity index (χ1) is 12.0. The number of carbonyl (C=O) groups is 2. The predicted molar refractivity (Wildman–Crippen MR) is 93.7 cm³/mol. The van der Waals surface area contributed by atoms with Gasteiger partial charge >= 0.3 is 5.97 Å². The Labute approximate surface area is 149 Å². The third kappa shape index (κ3) is 4.82. The molecular formula is C17H20N4O3S. The number of carboxylic acids is 1. The fourth-order valence-electron chi connectivity index (χ4n) is 2.48. The molecule has 0 aliphatic heterocycles. The highest BCUT2D eigenvalue weighted by atomic mass is 32.2. The average Bonchev–Trinajstić information content (AvgIpc) is 3.28. The molecule has 1 aliphatic rings. The van der Waals surface area contributed by atoms with Crippen LogP contribution < -0.4 is 5.32 Å². The highest BCUT2D eigenvalue weighted by Gasteiger charge is 2.30. The molecule has 25 heavy (non-hydrogen) atoms. The van der Waals surface area contributed by atoms with Crippen molar-refractivity contribution < 1.29 is 14.7 Å². The lowest BCUT2D eigenvalue weighted by Crippen LogP contribution is -2.42. The molecule has 132 valence electrons. The molecule has 2 N–H and O–H groups in total. The number of carbonyl (C=O) groups excluding carboxylic acids is 1. The normalized spacial score (nSPS) is 14.9. The molecule has 2 aromatic rings. The number of nitrogens with one attached hydrogen (secondary N) is 1. The van der Waals surface area contributed by atoms with E-state index in [9.17, 15) is 14.7 Å². The Morgan fingerprint density at radius 2 is 2.08 bits per heavy atom. The van der Waals surface area contributed by atoms with Crippen molar-refractivity contribution in [1.29, 1.82) is 0 Å². The molecule has 1 amide bonds. The Morgan fingerprint density at radius 3 is 2.72 bits per heavy atom. The van der Waals surface area contributed by atoms with Crippen molar-refractivity contribution in [1.82, 2.24) is 20.1 Å². The fourth-order valence-corrected chi connectivity index (χ4v) is 3.22. The van der Waals surface area contributed by atoms with Crippen molar-refractivity contribution in [3.05, 3.63) is 36.2 Å². The summed E-state index contributed by atoms with van der Waals surface area (Å²) in [5, 5.41) is 20.4. The molecule has 1 unspecified atom stereocenters. The standard InChI is InChI=1S/C17H20N4O3S/c1-11-2-6-13(7-3-11)21-10-18-20-17(21)25-9-15(22)19-14(16(23)24)8-12-4-5-12/h2-3,6-7,10,12,14H,4-5,8-9H2,1H3,(H,19,22)(H,23,24). The number of nitrogens with zero attached hydrogens (tertiary/aromatic N) is 3. The number of aliphatic carboxylic acids is 1. The lowest BCUT2D eigenvalue weighted by Gasteiger charge is -2.14. The Balaban J connectivity index is 1.58. The van der Waals surface area contributed by atoms with E-state index in [0.717, 1.165) is 24.1 Å². The number of amides is 1. The van der Waals surface area contributed by atoms with Crippen LogP contribution in [0.25, 0.3) is 5.69 Å². The molecule has 1 heterocycles. The quantitative estimate of drug-likeness (QED) is 0.699. The number of aromatic nitrogens is 3. The first-order valence-corrected chi connectivity index (χ1v) is 9.13. The molecule has 1 aromatic carbocycles. The van der Waals surface area contributed by atoms with Gasteiger partial charge in [-0.2, -0.15) is 0 Å². The minimum Gasteiger partial charge on any atom is -0.480 e. The molecule has 1 saturated carbocycles. The van der Waals surface area contributed by atoms with E-state index in [2.05, 4.69) is 15.5 Å². The number of benzene rings is 1. The van der Waals surface area contributed by atoms with Gasteiger partial charge in [-0.05, 0) is 31.4 Å². The lowest BCUT2D eigenvalue weighted by molar-refractivity contribution is -0.141. The van der Waals surface area contributed by atoms with Gasteiger partial charge in [0, 0.05) is 5.69 Å². The van der Waals surface area contributed by atoms with Gasteiger partial charge in [0.25, 0.3) is 0 Å². The maximum Gasteiger partial charge on any atom is 0.326 e. The average molecular weight is 360 g/mol. The predicted octanol–water partition coefficient (Wildman–Crippen LogP) is 2.04. The van der Waals surface area contributed by atoms with E-state index < -0.39 is 12.0 Å². The van der Waals surface area contributed by atoms with Gasteiger partial charge in [-0.1, -0.05) is 42.3 Å². The minimum absolute atomic E-state index is 0.0962. The number of hydrogen-bond donors (Lipinski definition) is 2. The van der Waals surface area contributed by atoms with Crippen molar-refractivity contribution in [2.75, 3.05) is 5.75 Å². The maximum absolute atomic E-state index is 12.1. The Hall–Kier alpha value is -2.35. The van der Waals surface area contributed by atoms with Crippen molar-refractivity contribution in [2.45, 2.75) is 37.4 Å². The fraction of sp³-hybridized carbons (Fsp3) is 0.412. The van der Waals surface area contributed by atoms with Crippen LogP contribution in [0.2, 0.25) is 0 Å². The minimum atomic E-state index is -0.979.